The van der Waals surface area contributed by atoms with E-state index in [1.807, 2.05) is 66.4 Å². The number of hydrogen-bond donors (Lipinski definition) is 0. The fourth-order valence-corrected chi connectivity index (χ4v) is 5.29. The predicted molar refractivity (Wildman–Crippen MR) is 156 cm³/mol. The molecular formula is C32H42N2O3S. The van der Waals surface area contributed by atoms with Crippen LogP contribution in [0, 0.1) is 6.92 Å². The topological polar surface area (TPSA) is 49.9 Å². The zero-order valence-electron chi connectivity index (χ0n) is 23.2. The van der Waals surface area contributed by atoms with E-state index >= 15 is 0 Å². The summed E-state index contributed by atoms with van der Waals surface area (Å²) in [6, 6.07) is 22.1. The van der Waals surface area contributed by atoms with Crippen molar-refractivity contribution in [3.05, 3.63) is 93.2 Å². The maximum Gasteiger partial charge on any atom is 0.254 e. The Bertz CT molecular complexity index is 1110. The Balaban J connectivity index is 1.75. The molecule has 0 bridgehead atoms. The summed E-state index contributed by atoms with van der Waals surface area (Å²) >= 11 is 1.70. The van der Waals surface area contributed by atoms with Gasteiger partial charge in [0.05, 0.1) is 6.54 Å². The molecule has 3 rings (SSSR count). The van der Waals surface area contributed by atoms with Gasteiger partial charge in [0, 0.05) is 41.6 Å². The second-order valence-electron chi connectivity index (χ2n) is 9.68. The Hall–Kier alpha value is -2.96. The van der Waals surface area contributed by atoms with Gasteiger partial charge in [-0.25, -0.2) is 0 Å². The first-order valence-electron chi connectivity index (χ1n) is 13.8. The maximum absolute atomic E-state index is 13.7. The van der Waals surface area contributed by atoms with Crippen molar-refractivity contribution >= 4 is 23.2 Å². The first kappa shape index (κ1) is 29.6. The van der Waals surface area contributed by atoms with Gasteiger partial charge in [-0.2, -0.15) is 0 Å². The number of nitrogens with zero attached hydrogens (tertiary/aromatic N) is 2. The van der Waals surface area contributed by atoms with Crippen molar-refractivity contribution in [3.63, 3.8) is 0 Å². The van der Waals surface area contributed by atoms with Crippen LogP contribution in [0.3, 0.4) is 0 Å². The summed E-state index contributed by atoms with van der Waals surface area (Å²) in [6.45, 7) is 8.98. The fraction of sp³-hybridized carbons (Fsp3) is 0.438. The summed E-state index contributed by atoms with van der Waals surface area (Å²) < 4.78 is 5.51. The molecule has 2 amide bonds. The number of carbonyl (C=O) groups excluding carboxylic acids is 2. The van der Waals surface area contributed by atoms with Gasteiger partial charge in [0.15, 0.2) is 0 Å². The molecule has 5 nitrogen and oxygen atoms in total. The normalized spacial score (nSPS) is 10.9. The van der Waals surface area contributed by atoms with E-state index in [1.165, 1.54) is 23.3 Å². The average molecular weight is 535 g/mol. The molecule has 38 heavy (non-hydrogen) atoms. The minimum absolute atomic E-state index is 0.0421. The summed E-state index contributed by atoms with van der Waals surface area (Å²) in [5, 5.41) is 0. The van der Waals surface area contributed by atoms with Gasteiger partial charge in [-0.05, 0) is 68.5 Å². The number of unbranched alkanes of at least 4 members (excludes halogenated alkanes) is 2. The first-order valence-corrected chi connectivity index (χ1v) is 14.6. The van der Waals surface area contributed by atoms with Crippen molar-refractivity contribution in [2.45, 2.75) is 66.0 Å². The smallest absolute Gasteiger partial charge is 0.254 e. The van der Waals surface area contributed by atoms with E-state index < -0.39 is 0 Å². The Morgan fingerprint density at radius 3 is 2.24 bits per heavy atom. The second kappa shape index (κ2) is 16.1. The van der Waals surface area contributed by atoms with Crippen LogP contribution in [0.4, 0.5) is 0 Å². The number of rotatable bonds is 16. The molecule has 0 spiro atoms. The van der Waals surface area contributed by atoms with Gasteiger partial charge < -0.3 is 14.5 Å². The highest BCUT2D eigenvalue weighted by molar-refractivity contribution is 7.11. The van der Waals surface area contributed by atoms with Crippen LogP contribution in [0.5, 0.6) is 0 Å². The monoisotopic (exact) mass is 534 g/mol. The number of carbonyl (C=O) groups is 2. The number of benzene rings is 2. The number of hydrogen-bond acceptors (Lipinski definition) is 4. The molecule has 0 unspecified atom stereocenters. The molecule has 0 fully saturated rings. The van der Waals surface area contributed by atoms with Crippen molar-refractivity contribution in [2.75, 3.05) is 26.3 Å². The summed E-state index contributed by atoms with van der Waals surface area (Å²) in [4.78, 5) is 33.2. The Morgan fingerprint density at radius 1 is 0.816 bits per heavy atom. The maximum atomic E-state index is 13.7. The van der Waals surface area contributed by atoms with E-state index in [0.29, 0.717) is 44.8 Å². The summed E-state index contributed by atoms with van der Waals surface area (Å²) in [5.74, 6) is -0.164. The van der Waals surface area contributed by atoms with Gasteiger partial charge in [0.2, 0.25) is 5.91 Å². The highest BCUT2D eigenvalue weighted by atomic mass is 32.1. The van der Waals surface area contributed by atoms with Crippen LogP contribution >= 0.6 is 11.3 Å². The van der Waals surface area contributed by atoms with Crippen molar-refractivity contribution < 1.29 is 14.3 Å². The molecule has 3 aromatic rings. The van der Waals surface area contributed by atoms with Gasteiger partial charge in [-0.15, -0.1) is 11.3 Å². The summed E-state index contributed by atoms with van der Waals surface area (Å²) in [6.07, 6.45) is 5.26. The Kier molecular flexibility index (Phi) is 12.5. The quantitative estimate of drug-likeness (QED) is 0.188. The summed E-state index contributed by atoms with van der Waals surface area (Å²) in [7, 11) is 0. The lowest BCUT2D eigenvalue weighted by Gasteiger charge is -2.28. The molecule has 0 atom stereocenters. The third-order valence-electron chi connectivity index (χ3n) is 6.52. The van der Waals surface area contributed by atoms with Gasteiger partial charge in [-0.3, -0.25) is 9.59 Å². The van der Waals surface area contributed by atoms with Gasteiger partial charge >= 0.3 is 0 Å². The lowest BCUT2D eigenvalue weighted by molar-refractivity contribution is -0.133. The largest absolute Gasteiger partial charge is 0.382 e. The highest BCUT2D eigenvalue weighted by Gasteiger charge is 2.23. The molecule has 0 saturated carbocycles. The molecule has 1 heterocycles. The molecule has 2 aromatic carbocycles. The number of ether oxygens (including phenoxy) is 1. The summed E-state index contributed by atoms with van der Waals surface area (Å²) in [5.41, 5.74) is 2.94. The fourth-order valence-electron chi connectivity index (χ4n) is 4.39. The van der Waals surface area contributed by atoms with Crippen molar-refractivity contribution in [1.29, 1.82) is 0 Å². The van der Waals surface area contributed by atoms with E-state index in [0.717, 1.165) is 23.3 Å². The van der Waals surface area contributed by atoms with E-state index in [1.54, 1.807) is 16.2 Å². The van der Waals surface area contributed by atoms with Crippen molar-refractivity contribution in [1.82, 2.24) is 9.80 Å². The van der Waals surface area contributed by atoms with Crippen molar-refractivity contribution in [2.24, 2.45) is 0 Å². The number of thiophene rings is 1. The number of amides is 2. The zero-order valence-corrected chi connectivity index (χ0v) is 24.0. The molecule has 6 heteroatoms. The highest BCUT2D eigenvalue weighted by Crippen LogP contribution is 2.19. The van der Waals surface area contributed by atoms with Crippen LogP contribution in [-0.4, -0.2) is 47.9 Å². The first-order chi connectivity index (χ1) is 18.5. The molecule has 0 aliphatic carbocycles. The van der Waals surface area contributed by atoms with E-state index in [9.17, 15) is 9.59 Å². The van der Waals surface area contributed by atoms with Crippen LogP contribution in [-0.2, 0) is 29.0 Å². The lowest BCUT2D eigenvalue weighted by atomic mass is 10.0. The average Bonchev–Trinajstić information content (AvgIpc) is 3.35. The standard InChI is InChI=1S/C32H42N2O3S/c1-4-6-8-12-27-16-18-29(19-17-27)32(36)33(21-11-22-37-5-2)25-31(35)34(23-28-13-9-7-10-14-28)24-30-20-15-26(3)38-30/h7,9-10,13-20H,4-6,8,11-12,21-25H2,1-3H3. The van der Waals surface area contributed by atoms with Crippen LogP contribution in [0.15, 0.2) is 66.7 Å². The molecule has 0 radical (unpaired) electrons. The van der Waals surface area contributed by atoms with Gasteiger partial charge in [0.1, 0.15) is 6.54 Å². The second-order valence-corrected chi connectivity index (χ2v) is 11.1. The SMILES string of the molecule is CCCCCc1ccc(C(=O)N(CCCOCC)CC(=O)N(Cc2ccccc2)Cc2ccc(C)s2)cc1. The molecule has 0 saturated heterocycles. The van der Waals surface area contributed by atoms with Crippen LogP contribution < -0.4 is 0 Å². The predicted octanol–water partition coefficient (Wildman–Crippen LogP) is 6.89. The third-order valence-corrected chi connectivity index (χ3v) is 7.50. The molecule has 0 aliphatic rings. The van der Waals surface area contributed by atoms with E-state index in [-0.39, 0.29) is 18.4 Å². The molecular weight excluding hydrogens is 492 g/mol. The molecule has 1 aromatic heterocycles. The van der Waals surface area contributed by atoms with Crippen LogP contribution in [0.25, 0.3) is 0 Å². The third kappa shape index (κ3) is 9.73. The van der Waals surface area contributed by atoms with Gasteiger partial charge in [-0.1, -0.05) is 62.2 Å². The minimum atomic E-state index is -0.110. The Morgan fingerprint density at radius 2 is 1.58 bits per heavy atom. The molecule has 0 aliphatic heterocycles. The molecule has 204 valence electrons. The van der Waals surface area contributed by atoms with Crippen molar-refractivity contribution in [3.8, 4) is 0 Å². The van der Waals surface area contributed by atoms with Crippen LogP contribution in [0.1, 0.15) is 70.8 Å². The number of aryl methyl sites for hydroxylation is 2. The lowest BCUT2D eigenvalue weighted by Crippen LogP contribution is -2.43. The van der Waals surface area contributed by atoms with E-state index in [2.05, 4.69) is 26.0 Å². The zero-order chi connectivity index (χ0) is 27.2. The van der Waals surface area contributed by atoms with Crippen LogP contribution in [0.2, 0.25) is 0 Å². The van der Waals surface area contributed by atoms with Gasteiger partial charge in [0.25, 0.3) is 5.91 Å². The molecule has 0 N–H and O–H groups in total. The Labute approximate surface area is 232 Å². The minimum Gasteiger partial charge on any atom is -0.382 e. The van der Waals surface area contributed by atoms with E-state index in [4.69, 9.17) is 4.74 Å².